The van der Waals surface area contributed by atoms with Crippen molar-refractivity contribution in [2.75, 3.05) is 11.9 Å². The summed E-state index contributed by atoms with van der Waals surface area (Å²) < 4.78 is 5.72. The molecule has 2 aromatic rings. The minimum absolute atomic E-state index is 0.573. The lowest BCUT2D eigenvalue weighted by molar-refractivity contribution is 0.306. The Labute approximate surface area is 125 Å². The van der Waals surface area contributed by atoms with Gasteiger partial charge in [-0.05, 0) is 49.0 Å². The largest absolute Gasteiger partial charge is 0.489 e. The van der Waals surface area contributed by atoms with Gasteiger partial charge in [0.25, 0.3) is 0 Å². The molecule has 0 fully saturated rings. The molecule has 104 valence electrons. The quantitative estimate of drug-likeness (QED) is 0.823. The Morgan fingerprint density at radius 1 is 1.05 bits per heavy atom. The Bertz CT molecular complexity index is 540. The van der Waals surface area contributed by atoms with E-state index >= 15 is 0 Å². The lowest BCUT2D eigenvalue weighted by Gasteiger charge is -2.10. The van der Waals surface area contributed by atoms with Crippen LogP contribution in [0, 0.1) is 0 Å². The fourth-order valence-electron chi connectivity index (χ4n) is 1.71. The molecule has 0 saturated heterocycles. The fourth-order valence-corrected chi connectivity index (χ4v) is 1.97. The molecule has 0 aliphatic carbocycles. The summed E-state index contributed by atoms with van der Waals surface area (Å²) in [5, 5.41) is 6.78. The molecule has 0 aliphatic heterocycles. The lowest BCUT2D eigenvalue weighted by atomic mass is 10.2. The third-order valence-electron chi connectivity index (χ3n) is 2.70. The average Bonchev–Trinajstić information content (AvgIpc) is 2.48. The van der Waals surface area contributed by atoms with Crippen LogP contribution in [0.2, 0.25) is 0 Å². The summed E-state index contributed by atoms with van der Waals surface area (Å²) in [4.78, 5) is 0. The van der Waals surface area contributed by atoms with Gasteiger partial charge < -0.3 is 15.4 Å². The van der Waals surface area contributed by atoms with Crippen LogP contribution in [0.1, 0.15) is 12.5 Å². The first-order chi connectivity index (χ1) is 9.78. The first kappa shape index (κ1) is 14.3. The summed E-state index contributed by atoms with van der Waals surface area (Å²) in [6.45, 7) is 3.39. The van der Waals surface area contributed by atoms with Crippen molar-refractivity contribution in [2.45, 2.75) is 13.5 Å². The van der Waals surface area contributed by atoms with Crippen LogP contribution in [0.25, 0.3) is 0 Å². The van der Waals surface area contributed by atoms with E-state index in [1.54, 1.807) is 0 Å². The molecule has 20 heavy (non-hydrogen) atoms. The third-order valence-corrected chi connectivity index (χ3v) is 2.94. The van der Waals surface area contributed by atoms with Gasteiger partial charge >= 0.3 is 0 Å². The monoisotopic (exact) mass is 286 g/mol. The first-order valence-corrected chi connectivity index (χ1v) is 7.00. The van der Waals surface area contributed by atoms with Crippen molar-refractivity contribution in [1.82, 2.24) is 5.32 Å². The van der Waals surface area contributed by atoms with Crippen molar-refractivity contribution < 1.29 is 4.74 Å². The molecule has 2 aromatic carbocycles. The van der Waals surface area contributed by atoms with Crippen LogP contribution in [-0.4, -0.2) is 11.7 Å². The molecule has 0 atom stereocenters. The van der Waals surface area contributed by atoms with Crippen molar-refractivity contribution in [3.8, 4) is 5.75 Å². The normalized spacial score (nSPS) is 9.85. The second kappa shape index (κ2) is 7.50. The Hall–Kier alpha value is -2.07. The molecule has 0 amide bonds. The van der Waals surface area contributed by atoms with Crippen LogP contribution in [-0.2, 0) is 6.61 Å². The highest BCUT2D eigenvalue weighted by atomic mass is 32.1. The van der Waals surface area contributed by atoms with E-state index in [4.69, 9.17) is 17.0 Å². The standard InChI is InChI=1S/C16H18N2OS/c1-2-17-16(20)18-14-8-10-15(11-9-14)19-12-13-6-4-3-5-7-13/h3-11H,2,12H2,1H3,(H2,17,18,20). The van der Waals surface area contributed by atoms with Gasteiger partial charge in [-0.15, -0.1) is 0 Å². The maximum atomic E-state index is 5.72. The van der Waals surface area contributed by atoms with E-state index in [1.807, 2.05) is 61.5 Å². The first-order valence-electron chi connectivity index (χ1n) is 6.59. The summed E-state index contributed by atoms with van der Waals surface area (Å²) in [5.74, 6) is 0.841. The predicted molar refractivity (Wildman–Crippen MR) is 87.1 cm³/mol. The number of hydrogen-bond acceptors (Lipinski definition) is 2. The van der Waals surface area contributed by atoms with Gasteiger partial charge in [0.1, 0.15) is 12.4 Å². The molecular weight excluding hydrogens is 268 g/mol. The number of nitrogens with one attached hydrogen (secondary N) is 2. The van der Waals surface area contributed by atoms with Gasteiger partial charge in [-0.3, -0.25) is 0 Å². The SMILES string of the molecule is CCNC(=S)Nc1ccc(OCc2ccccc2)cc1. The topological polar surface area (TPSA) is 33.3 Å². The van der Waals surface area contributed by atoms with E-state index in [9.17, 15) is 0 Å². The summed E-state index contributed by atoms with van der Waals surface area (Å²) in [6, 6.07) is 17.9. The van der Waals surface area contributed by atoms with Crippen molar-refractivity contribution in [2.24, 2.45) is 0 Å². The minimum Gasteiger partial charge on any atom is -0.489 e. The molecule has 4 heteroatoms. The van der Waals surface area contributed by atoms with Crippen LogP contribution in [0.4, 0.5) is 5.69 Å². The van der Waals surface area contributed by atoms with Gasteiger partial charge in [0.15, 0.2) is 5.11 Å². The highest BCUT2D eigenvalue weighted by molar-refractivity contribution is 7.80. The Balaban J connectivity index is 1.87. The zero-order chi connectivity index (χ0) is 14.2. The highest BCUT2D eigenvalue weighted by Gasteiger charge is 1.98. The van der Waals surface area contributed by atoms with Crippen molar-refractivity contribution in [3.63, 3.8) is 0 Å². The maximum absolute atomic E-state index is 5.72. The minimum atomic E-state index is 0.573. The summed E-state index contributed by atoms with van der Waals surface area (Å²) in [7, 11) is 0. The van der Waals surface area contributed by atoms with E-state index in [-0.39, 0.29) is 0 Å². The zero-order valence-corrected chi connectivity index (χ0v) is 12.2. The molecule has 2 N–H and O–H groups in total. The molecule has 0 saturated carbocycles. The van der Waals surface area contributed by atoms with Crippen LogP contribution in [0.3, 0.4) is 0 Å². The second-order valence-corrected chi connectivity index (χ2v) is 4.69. The summed E-state index contributed by atoms with van der Waals surface area (Å²) in [5.41, 5.74) is 2.10. The van der Waals surface area contributed by atoms with Gasteiger partial charge in [0.05, 0.1) is 0 Å². The third kappa shape index (κ3) is 4.55. The van der Waals surface area contributed by atoms with Gasteiger partial charge in [-0.25, -0.2) is 0 Å². The molecule has 2 rings (SSSR count). The molecule has 0 unspecified atom stereocenters. The van der Waals surface area contributed by atoms with E-state index in [2.05, 4.69) is 10.6 Å². The number of hydrogen-bond donors (Lipinski definition) is 2. The average molecular weight is 286 g/mol. The van der Waals surface area contributed by atoms with Crippen LogP contribution in [0.15, 0.2) is 54.6 Å². The maximum Gasteiger partial charge on any atom is 0.170 e. The molecule has 0 bridgehead atoms. The molecule has 0 heterocycles. The second-order valence-electron chi connectivity index (χ2n) is 4.28. The molecule has 0 aromatic heterocycles. The van der Waals surface area contributed by atoms with E-state index in [0.29, 0.717) is 11.7 Å². The number of benzene rings is 2. The van der Waals surface area contributed by atoms with Crippen LogP contribution in [0.5, 0.6) is 5.75 Å². The Morgan fingerprint density at radius 3 is 2.40 bits per heavy atom. The van der Waals surface area contributed by atoms with Gasteiger partial charge in [0, 0.05) is 12.2 Å². The smallest absolute Gasteiger partial charge is 0.170 e. The van der Waals surface area contributed by atoms with E-state index in [1.165, 1.54) is 0 Å². The molecular formula is C16H18N2OS. The Kier molecular flexibility index (Phi) is 5.38. The van der Waals surface area contributed by atoms with Crippen molar-refractivity contribution in [3.05, 3.63) is 60.2 Å². The highest BCUT2D eigenvalue weighted by Crippen LogP contribution is 2.17. The van der Waals surface area contributed by atoms with Gasteiger partial charge in [0.2, 0.25) is 0 Å². The van der Waals surface area contributed by atoms with Gasteiger partial charge in [-0.1, -0.05) is 30.3 Å². The molecule has 0 spiro atoms. The van der Waals surface area contributed by atoms with E-state index in [0.717, 1.165) is 23.5 Å². The Morgan fingerprint density at radius 2 is 1.75 bits per heavy atom. The van der Waals surface area contributed by atoms with Crippen LogP contribution < -0.4 is 15.4 Å². The number of thiocarbonyl (C=S) groups is 1. The lowest BCUT2D eigenvalue weighted by Crippen LogP contribution is -2.27. The van der Waals surface area contributed by atoms with Crippen LogP contribution >= 0.6 is 12.2 Å². The number of anilines is 1. The predicted octanol–water partition coefficient (Wildman–Crippen LogP) is 3.57. The summed E-state index contributed by atoms with van der Waals surface area (Å²) >= 11 is 5.13. The number of rotatable bonds is 5. The zero-order valence-electron chi connectivity index (χ0n) is 11.4. The van der Waals surface area contributed by atoms with Crippen molar-refractivity contribution in [1.29, 1.82) is 0 Å². The fraction of sp³-hybridized carbons (Fsp3) is 0.188. The van der Waals surface area contributed by atoms with Crippen molar-refractivity contribution >= 4 is 23.0 Å². The van der Waals surface area contributed by atoms with Gasteiger partial charge in [-0.2, -0.15) is 0 Å². The van der Waals surface area contributed by atoms with E-state index < -0.39 is 0 Å². The molecule has 0 radical (unpaired) electrons. The molecule has 0 aliphatic rings. The summed E-state index contributed by atoms with van der Waals surface area (Å²) in [6.07, 6.45) is 0. The number of ether oxygens (including phenoxy) is 1. The molecule has 3 nitrogen and oxygen atoms in total.